The van der Waals surface area contributed by atoms with Crippen LogP contribution < -0.4 is 5.32 Å². The third-order valence-corrected chi connectivity index (χ3v) is 4.41. The van der Waals surface area contributed by atoms with Crippen molar-refractivity contribution in [2.24, 2.45) is 0 Å². The number of hydrogen-bond acceptors (Lipinski definition) is 3. The molecule has 3 aliphatic rings. The number of carbonyl (C=O) groups excluding carboxylic acids is 1. The SMILES string of the molecule is CN1N(C2CCNC2)C(=O)CC12CCC2. The Balaban J connectivity index is 1.80. The van der Waals surface area contributed by atoms with Crippen LogP contribution in [-0.4, -0.2) is 47.6 Å². The Labute approximate surface area is 90.6 Å². The summed E-state index contributed by atoms with van der Waals surface area (Å²) >= 11 is 0. The Bertz CT molecular complexity index is 282. The smallest absolute Gasteiger partial charge is 0.239 e. The molecular formula is C11H19N3O. The van der Waals surface area contributed by atoms with E-state index in [1.165, 1.54) is 19.3 Å². The van der Waals surface area contributed by atoms with Crippen molar-refractivity contribution >= 4 is 5.91 Å². The van der Waals surface area contributed by atoms with Gasteiger partial charge in [-0.1, -0.05) is 0 Å². The van der Waals surface area contributed by atoms with E-state index < -0.39 is 0 Å². The van der Waals surface area contributed by atoms with Crippen LogP contribution in [0.25, 0.3) is 0 Å². The minimum atomic E-state index is 0.208. The first-order valence-corrected chi connectivity index (χ1v) is 5.99. The zero-order chi connectivity index (χ0) is 10.5. The third-order valence-electron chi connectivity index (χ3n) is 4.41. The number of carbonyl (C=O) groups is 1. The van der Waals surface area contributed by atoms with Crippen LogP contribution in [0.1, 0.15) is 32.1 Å². The van der Waals surface area contributed by atoms with Crippen molar-refractivity contribution in [1.82, 2.24) is 15.3 Å². The largest absolute Gasteiger partial charge is 0.315 e. The highest BCUT2D eigenvalue weighted by Crippen LogP contribution is 2.45. The fourth-order valence-corrected chi connectivity index (χ4v) is 3.25. The van der Waals surface area contributed by atoms with Gasteiger partial charge in [-0.25, -0.2) is 5.01 Å². The second-order valence-electron chi connectivity index (χ2n) is 5.16. The first kappa shape index (κ1) is 9.60. The molecule has 1 saturated carbocycles. The molecular weight excluding hydrogens is 190 g/mol. The van der Waals surface area contributed by atoms with Gasteiger partial charge in [0.25, 0.3) is 0 Å². The maximum Gasteiger partial charge on any atom is 0.239 e. The summed E-state index contributed by atoms with van der Waals surface area (Å²) in [7, 11) is 2.10. The van der Waals surface area contributed by atoms with E-state index >= 15 is 0 Å². The molecule has 2 aliphatic heterocycles. The van der Waals surface area contributed by atoms with Crippen LogP contribution in [0, 0.1) is 0 Å². The van der Waals surface area contributed by atoms with Crippen LogP contribution >= 0.6 is 0 Å². The average Bonchev–Trinajstić information content (AvgIpc) is 2.70. The third kappa shape index (κ3) is 1.24. The van der Waals surface area contributed by atoms with Crippen molar-refractivity contribution in [3.8, 4) is 0 Å². The van der Waals surface area contributed by atoms with E-state index in [0.717, 1.165) is 25.9 Å². The standard InChI is InChI=1S/C11H19N3O/c1-13-11(4-2-5-11)7-10(15)14(13)9-3-6-12-8-9/h9,12H,2-8H2,1H3. The molecule has 0 aromatic rings. The summed E-state index contributed by atoms with van der Waals surface area (Å²) in [5.74, 6) is 0.339. The quantitative estimate of drug-likeness (QED) is 0.677. The van der Waals surface area contributed by atoms with Crippen molar-refractivity contribution in [2.45, 2.75) is 43.7 Å². The molecule has 3 rings (SSSR count). The van der Waals surface area contributed by atoms with Gasteiger partial charge in [0.1, 0.15) is 0 Å². The molecule has 1 spiro atoms. The molecule has 1 N–H and O–H groups in total. The molecule has 84 valence electrons. The van der Waals surface area contributed by atoms with Gasteiger partial charge >= 0.3 is 0 Å². The van der Waals surface area contributed by atoms with E-state index in [1.807, 2.05) is 5.01 Å². The first-order chi connectivity index (χ1) is 7.23. The van der Waals surface area contributed by atoms with E-state index in [-0.39, 0.29) is 5.54 Å². The Morgan fingerprint density at radius 3 is 2.73 bits per heavy atom. The van der Waals surface area contributed by atoms with E-state index in [2.05, 4.69) is 17.4 Å². The van der Waals surface area contributed by atoms with Gasteiger partial charge in [0.05, 0.1) is 6.04 Å². The molecule has 15 heavy (non-hydrogen) atoms. The van der Waals surface area contributed by atoms with E-state index in [1.54, 1.807) is 0 Å². The van der Waals surface area contributed by atoms with Crippen LogP contribution in [0.2, 0.25) is 0 Å². The average molecular weight is 209 g/mol. The molecule has 1 aliphatic carbocycles. The highest BCUT2D eigenvalue weighted by Gasteiger charge is 2.53. The second-order valence-corrected chi connectivity index (χ2v) is 5.16. The van der Waals surface area contributed by atoms with Gasteiger partial charge in [0.2, 0.25) is 5.91 Å². The summed E-state index contributed by atoms with van der Waals surface area (Å²) in [4.78, 5) is 12.0. The van der Waals surface area contributed by atoms with Gasteiger partial charge in [-0.05, 0) is 32.2 Å². The monoisotopic (exact) mass is 209 g/mol. The fraction of sp³-hybridized carbons (Fsp3) is 0.909. The molecule has 1 unspecified atom stereocenters. The number of nitrogens with zero attached hydrogens (tertiary/aromatic N) is 2. The van der Waals surface area contributed by atoms with Crippen LogP contribution in [0.3, 0.4) is 0 Å². The number of hydrogen-bond donors (Lipinski definition) is 1. The van der Waals surface area contributed by atoms with Crippen LogP contribution in [-0.2, 0) is 4.79 Å². The van der Waals surface area contributed by atoms with Crippen LogP contribution in [0.5, 0.6) is 0 Å². The Morgan fingerprint density at radius 1 is 1.47 bits per heavy atom. The normalized spacial score (nSPS) is 35.1. The van der Waals surface area contributed by atoms with Crippen molar-refractivity contribution in [3.63, 3.8) is 0 Å². The van der Waals surface area contributed by atoms with Crippen molar-refractivity contribution in [3.05, 3.63) is 0 Å². The number of hydrazine groups is 1. The summed E-state index contributed by atoms with van der Waals surface area (Å²) in [6.45, 7) is 2.02. The number of amides is 1. The maximum absolute atomic E-state index is 12.0. The van der Waals surface area contributed by atoms with Gasteiger partial charge in [-0.3, -0.25) is 9.80 Å². The summed E-state index contributed by atoms with van der Waals surface area (Å²) < 4.78 is 0. The molecule has 0 bridgehead atoms. The zero-order valence-corrected chi connectivity index (χ0v) is 9.33. The lowest BCUT2D eigenvalue weighted by molar-refractivity contribution is -0.145. The molecule has 2 saturated heterocycles. The van der Waals surface area contributed by atoms with Crippen molar-refractivity contribution in [1.29, 1.82) is 0 Å². The minimum absolute atomic E-state index is 0.208. The molecule has 4 heteroatoms. The van der Waals surface area contributed by atoms with Crippen LogP contribution in [0.4, 0.5) is 0 Å². The summed E-state index contributed by atoms with van der Waals surface area (Å²) in [6, 6.07) is 0.405. The summed E-state index contributed by atoms with van der Waals surface area (Å²) in [6.07, 6.45) is 5.54. The second kappa shape index (κ2) is 3.19. The summed E-state index contributed by atoms with van der Waals surface area (Å²) in [5, 5.41) is 7.61. The van der Waals surface area contributed by atoms with E-state index in [0.29, 0.717) is 11.9 Å². The number of nitrogens with one attached hydrogen (secondary N) is 1. The summed E-state index contributed by atoms with van der Waals surface area (Å²) in [5.41, 5.74) is 0.208. The van der Waals surface area contributed by atoms with Crippen molar-refractivity contribution < 1.29 is 4.79 Å². The highest BCUT2D eigenvalue weighted by atomic mass is 16.2. The Morgan fingerprint density at radius 2 is 2.27 bits per heavy atom. The zero-order valence-electron chi connectivity index (χ0n) is 9.33. The predicted octanol–water partition coefficient (Wildman–Crippen LogP) is 0.350. The minimum Gasteiger partial charge on any atom is -0.315 e. The van der Waals surface area contributed by atoms with Gasteiger partial charge in [-0.2, -0.15) is 0 Å². The highest BCUT2D eigenvalue weighted by molar-refractivity contribution is 5.80. The van der Waals surface area contributed by atoms with Gasteiger partial charge in [-0.15, -0.1) is 0 Å². The Hall–Kier alpha value is -0.610. The first-order valence-electron chi connectivity index (χ1n) is 5.99. The van der Waals surface area contributed by atoms with E-state index in [9.17, 15) is 4.79 Å². The number of rotatable bonds is 1. The topological polar surface area (TPSA) is 35.6 Å². The molecule has 0 aromatic heterocycles. The predicted molar refractivity (Wildman–Crippen MR) is 57.1 cm³/mol. The lowest BCUT2D eigenvalue weighted by Gasteiger charge is -2.46. The van der Waals surface area contributed by atoms with Crippen molar-refractivity contribution in [2.75, 3.05) is 20.1 Å². The molecule has 4 nitrogen and oxygen atoms in total. The fourth-order valence-electron chi connectivity index (χ4n) is 3.25. The Kier molecular flexibility index (Phi) is 2.04. The van der Waals surface area contributed by atoms with Gasteiger partial charge < -0.3 is 5.32 Å². The molecule has 1 amide bonds. The molecule has 0 radical (unpaired) electrons. The van der Waals surface area contributed by atoms with E-state index in [4.69, 9.17) is 0 Å². The molecule has 3 fully saturated rings. The van der Waals surface area contributed by atoms with Gasteiger partial charge in [0.15, 0.2) is 0 Å². The molecule has 0 aromatic carbocycles. The van der Waals surface area contributed by atoms with Gasteiger partial charge in [0, 0.05) is 25.6 Å². The lowest BCUT2D eigenvalue weighted by Crippen LogP contribution is -2.54. The maximum atomic E-state index is 12.0. The molecule has 2 heterocycles. The lowest BCUT2D eigenvalue weighted by atomic mass is 9.75. The van der Waals surface area contributed by atoms with Crippen LogP contribution in [0.15, 0.2) is 0 Å². The molecule has 1 atom stereocenters.